The van der Waals surface area contributed by atoms with Crippen molar-refractivity contribution in [2.45, 2.75) is 12.5 Å². The predicted molar refractivity (Wildman–Crippen MR) is 49.4 cm³/mol. The molecule has 2 aromatic heterocycles. The van der Waals surface area contributed by atoms with E-state index in [0.717, 1.165) is 5.56 Å². The third kappa shape index (κ3) is 1.93. The summed E-state index contributed by atoms with van der Waals surface area (Å²) in [4.78, 5) is 0. The summed E-state index contributed by atoms with van der Waals surface area (Å²) in [6.07, 6.45) is 1.57. The summed E-state index contributed by atoms with van der Waals surface area (Å²) in [5.41, 5.74) is 1.71. The Balaban J connectivity index is 2.04. The van der Waals surface area contributed by atoms with E-state index < -0.39 is 6.10 Å². The van der Waals surface area contributed by atoms with Crippen LogP contribution in [0.2, 0.25) is 0 Å². The molecule has 2 N–H and O–H groups in total. The van der Waals surface area contributed by atoms with E-state index in [0.29, 0.717) is 12.1 Å². The van der Waals surface area contributed by atoms with Crippen molar-refractivity contribution < 1.29 is 5.11 Å². The molecule has 0 aromatic carbocycles. The first-order valence-corrected chi connectivity index (χ1v) is 4.85. The second-order valence-electron chi connectivity index (χ2n) is 2.75. The Morgan fingerprint density at radius 3 is 3.15 bits per heavy atom. The minimum absolute atomic E-state index is 0.562. The molecule has 0 fully saturated rings. The van der Waals surface area contributed by atoms with Gasteiger partial charge in [-0.3, -0.25) is 0 Å². The number of hydrogen-bond acceptors (Lipinski definition) is 4. The minimum atomic E-state index is -0.562. The Hall–Kier alpha value is -1.20. The van der Waals surface area contributed by atoms with Crippen molar-refractivity contribution in [3.05, 3.63) is 34.3 Å². The summed E-state index contributed by atoms with van der Waals surface area (Å²) in [6.45, 7) is 0. The standard InChI is InChI=1S/C8H9N3OS/c12-8(7-4-9-11-10-7)3-6-1-2-13-5-6/h1-2,4-5,8,12H,3H2,(H,9,10,11). The topological polar surface area (TPSA) is 61.8 Å². The molecule has 0 amide bonds. The lowest BCUT2D eigenvalue weighted by Crippen LogP contribution is -2.01. The number of rotatable bonds is 3. The van der Waals surface area contributed by atoms with Gasteiger partial charge in [0, 0.05) is 6.42 Å². The van der Waals surface area contributed by atoms with E-state index in [4.69, 9.17) is 0 Å². The lowest BCUT2D eigenvalue weighted by Gasteiger charge is -2.03. The number of aliphatic hydroxyl groups is 1. The molecule has 5 heteroatoms. The van der Waals surface area contributed by atoms with Crippen molar-refractivity contribution in [3.63, 3.8) is 0 Å². The summed E-state index contributed by atoms with van der Waals surface area (Å²) in [5.74, 6) is 0. The van der Waals surface area contributed by atoms with Gasteiger partial charge >= 0.3 is 0 Å². The predicted octanol–water partition coefficient (Wildman–Crippen LogP) is 1.14. The van der Waals surface area contributed by atoms with Crippen molar-refractivity contribution >= 4 is 11.3 Å². The molecule has 68 valence electrons. The van der Waals surface area contributed by atoms with E-state index in [1.54, 1.807) is 11.3 Å². The molecule has 2 rings (SSSR count). The van der Waals surface area contributed by atoms with E-state index in [2.05, 4.69) is 15.4 Å². The molecule has 0 saturated heterocycles. The monoisotopic (exact) mass is 195 g/mol. The van der Waals surface area contributed by atoms with Gasteiger partial charge in [-0.05, 0) is 22.4 Å². The average Bonchev–Trinajstić information content (AvgIpc) is 2.74. The van der Waals surface area contributed by atoms with Crippen LogP contribution in [0.25, 0.3) is 0 Å². The summed E-state index contributed by atoms with van der Waals surface area (Å²) in [5, 5.41) is 23.6. The van der Waals surface area contributed by atoms with E-state index in [-0.39, 0.29) is 0 Å². The zero-order valence-electron chi connectivity index (χ0n) is 6.84. The van der Waals surface area contributed by atoms with Gasteiger partial charge in [-0.25, -0.2) is 0 Å². The molecular formula is C8H9N3OS. The van der Waals surface area contributed by atoms with Crippen LogP contribution in [0.4, 0.5) is 0 Å². The number of aromatic amines is 1. The Bertz CT molecular complexity index is 343. The highest BCUT2D eigenvalue weighted by Crippen LogP contribution is 2.16. The van der Waals surface area contributed by atoms with Crippen molar-refractivity contribution in [1.82, 2.24) is 15.4 Å². The number of aliphatic hydroxyl groups excluding tert-OH is 1. The van der Waals surface area contributed by atoms with Crippen LogP contribution in [-0.2, 0) is 6.42 Å². The minimum Gasteiger partial charge on any atom is -0.386 e. The third-order valence-corrected chi connectivity index (χ3v) is 2.52. The van der Waals surface area contributed by atoms with Gasteiger partial charge < -0.3 is 5.11 Å². The molecule has 13 heavy (non-hydrogen) atoms. The third-order valence-electron chi connectivity index (χ3n) is 1.78. The summed E-state index contributed by atoms with van der Waals surface area (Å²) >= 11 is 1.62. The Labute approximate surface area is 79.2 Å². The molecule has 0 saturated carbocycles. The zero-order chi connectivity index (χ0) is 9.10. The maximum atomic E-state index is 9.66. The highest BCUT2D eigenvalue weighted by atomic mass is 32.1. The molecule has 0 aliphatic carbocycles. The van der Waals surface area contributed by atoms with Crippen LogP contribution in [-0.4, -0.2) is 20.5 Å². The van der Waals surface area contributed by atoms with Gasteiger partial charge in [0.1, 0.15) is 11.8 Å². The van der Waals surface area contributed by atoms with Crippen LogP contribution in [0.3, 0.4) is 0 Å². The normalized spacial score (nSPS) is 13.0. The molecule has 0 aliphatic rings. The second-order valence-corrected chi connectivity index (χ2v) is 3.53. The Morgan fingerprint density at radius 2 is 2.54 bits per heavy atom. The summed E-state index contributed by atoms with van der Waals surface area (Å²) < 4.78 is 0. The number of nitrogens with zero attached hydrogens (tertiary/aromatic N) is 2. The first kappa shape index (κ1) is 8.40. The maximum absolute atomic E-state index is 9.66. The fraction of sp³-hybridized carbons (Fsp3) is 0.250. The number of aromatic nitrogens is 3. The van der Waals surface area contributed by atoms with Crippen LogP contribution in [0.1, 0.15) is 17.4 Å². The van der Waals surface area contributed by atoms with E-state index >= 15 is 0 Å². The van der Waals surface area contributed by atoms with E-state index in [1.807, 2.05) is 16.8 Å². The zero-order valence-corrected chi connectivity index (χ0v) is 7.66. The molecule has 0 spiro atoms. The van der Waals surface area contributed by atoms with Crippen molar-refractivity contribution in [2.75, 3.05) is 0 Å². The van der Waals surface area contributed by atoms with Gasteiger partial charge in [0.05, 0.1) is 6.20 Å². The smallest absolute Gasteiger partial charge is 0.111 e. The van der Waals surface area contributed by atoms with Crippen molar-refractivity contribution in [3.8, 4) is 0 Å². The summed E-state index contributed by atoms with van der Waals surface area (Å²) in [6, 6.07) is 1.99. The number of hydrogen-bond donors (Lipinski definition) is 2. The fourth-order valence-electron chi connectivity index (χ4n) is 1.11. The van der Waals surface area contributed by atoms with Crippen LogP contribution >= 0.6 is 11.3 Å². The van der Waals surface area contributed by atoms with E-state index in [9.17, 15) is 5.11 Å². The number of nitrogens with one attached hydrogen (secondary N) is 1. The first-order valence-electron chi connectivity index (χ1n) is 3.91. The fourth-order valence-corrected chi connectivity index (χ4v) is 1.79. The molecule has 2 heterocycles. The largest absolute Gasteiger partial charge is 0.386 e. The van der Waals surface area contributed by atoms with Crippen LogP contribution in [0.5, 0.6) is 0 Å². The van der Waals surface area contributed by atoms with Crippen molar-refractivity contribution in [2.24, 2.45) is 0 Å². The molecule has 2 aromatic rings. The van der Waals surface area contributed by atoms with Crippen LogP contribution in [0, 0.1) is 0 Å². The molecule has 0 aliphatic heterocycles. The number of H-pyrrole nitrogens is 1. The SMILES string of the molecule is OC(Cc1ccsc1)c1cn[nH]n1. The molecule has 0 bridgehead atoms. The second kappa shape index (κ2) is 3.68. The van der Waals surface area contributed by atoms with Gasteiger partial charge in [-0.2, -0.15) is 26.7 Å². The highest BCUT2D eigenvalue weighted by Gasteiger charge is 2.10. The quantitative estimate of drug-likeness (QED) is 0.772. The summed E-state index contributed by atoms with van der Waals surface area (Å²) in [7, 11) is 0. The molecule has 1 atom stereocenters. The van der Waals surface area contributed by atoms with Gasteiger partial charge in [0.25, 0.3) is 0 Å². The Morgan fingerprint density at radius 1 is 1.62 bits per heavy atom. The highest BCUT2D eigenvalue weighted by molar-refractivity contribution is 7.07. The number of thiophene rings is 1. The van der Waals surface area contributed by atoms with Crippen molar-refractivity contribution in [1.29, 1.82) is 0 Å². The Kier molecular flexibility index (Phi) is 2.37. The van der Waals surface area contributed by atoms with Crippen LogP contribution < -0.4 is 0 Å². The molecular weight excluding hydrogens is 186 g/mol. The molecule has 1 unspecified atom stereocenters. The van der Waals surface area contributed by atoms with Gasteiger partial charge in [-0.1, -0.05) is 0 Å². The van der Waals surface area contributed by atoms with Gasteiger partial charge in [-0.15, -0.1) is 0 Å². The average molecular weight is 195 g/mol. The molecule has 4 nitrogen and oxygen atoms in total. The molecule has 0 radical (unpaired) electrons. The van der Waals surface area contributed by atoms with Gasteiger partial charge in [0.15, 0.2) is 0 Å². The maximum Gasteiger partial charge on any atom is 0.111 e. The lowest BCUT2D eigenvalue weighted by atomic mass is 10.1. The van der Waals surface area contributed by atoms with Gasteiger partial charge in [0.2, 0.25) is 0 Å². The lowest BCUT2D eigenvalue weighted by molar-refractivity contribution is 0.173. The first-order chi connectivity index (χ1) is 6.36. The van der Waals surface area contributed by atoms with E-state index in [1.165, 1.54) is 6.20 Å². The van der Waals surface area contributed by atoms with Crippen LogP contribution in [0.15, 0.2) is 23.0 Å².